The number of nitrogens with one attached hydrogen (secondary N) is 1. The maximum Gasteiger partial charge on any atom is 0.243 e. The number of amides is 2. The molecule has 0 aliphatic carbocycles. The van der Waals surface area contributed by atoms with Gasteiger partial charge in [0, 0.05) is 12.8 Å². The zero-order valence-electron chi connectivity index (χ0n) is 12.5. The number of rotatable bonds is 7. The van der Waals surface area contributed by atoms with Crippen LogP contribution in [0.1, 0.15) is 19.8 Å². The Morgan fingerprint density at radius 3 is 2.65 bits per heavy atom. The van der Waals surface area contributed by atoms with Crippen LogP contribution in [-0.2, 0) is 9.59 Å². The van der Waals surface area contributed by atoms with Gasteiger partial charge in [-0.05, 0) is 32.9 Å². The molecule has 0 radical (unpaired) electrons. The lowest BCUT2D eigenvalue weighted by Crippen LogP contribution is -2.43. The summed E-state index contributed by atoms with van der Waals surface area (Å²) in [7, 11) is 5.45. The van der Waals surface area contributed by atoms with Gasteiger partial charge in [0.15, 0.2) is 0 Å². The van der Waals surface area contributed by atoms with Crippen LogP contribution in [0.3, 0.4) is 0 Å². The van der Waals surface area contributed by atoms with Gasteiger partial charge >= 0.3 is 0 Å². The van der Waals surface area contributed by atoms with Gasteiger partial charge in [-0.15, -0.1) is 11.8 Å². The summed E-state index contributed by atoms with van der Waals surface area (Å²) in [4.78, 5) is 29.1. The first-order chi connectivity index (χ1) is 9.35. The molecule has 0 bridgehead atoms. The Labute approximate surface area is 124 Å². The van der Waals surface area contributed by atoms with Crippen molar-refractivity contribution in [1.29, 1.82) is 0 Å². The van der Waals surface area contributed by atoms with Gasteiger partial charge in [0.25, 0.3) is 0 Å². The van der Waals surface area contributed by atoms with Crippen molar-refractivity contribution >= 4 is 28.6 Å². The van der Waals surface area contributed by atoms with Crippen molar-refractivity contribution in [1.82, 2.24) is 10.2 Å². The predicted molar refractivity (Wildman–Crippen MR) is 82.8 cm³/mol. The molecule has 7 heteroatoms. The summed E-state index contributed by atoms with van der Waals surface area (Å²) in [6.45, 7) is 2.10. The highest BCUT2D eigenvalue weighted by Crippen LogP contribution is 2.25. The molecule has 1 unspecified atom stereocenters. The van der Waals surface area contributed by atoms with Gasteiger partial charge in [0.2, 0.25) is 11.8 Å². The minimum absolute atomic E-state index is 0.0258. The van der Waals surface area contributed by atoms with Gasteiger partial charge in [0.05, 0.1) is 11.1 Å². The second-order valence-electron chi connectivity index (χ2n) is 5.39. The van der Waals surface area contributed by atoms with Gasteiger partial charge in [-0.2, -0.15) is 0 Å². The molecule has 0 saturated heterocycles. The lowest BCUT2D eigenvalue weighted by atomic mass is 9.97. The third-order valence-corrected chi connectivity index (χ3v) is 4.44. The van der Waals surface area contributed by atoms with E-state index in [0.717, 1.165) is 17.9 Å². The van der Waals surface area contributed by atoms with E-state index in [1.165, 1.54) is 0 Å². The Balaban J connectivity index is 2.54. The van der Waals surface area contributed by atoms with E-state index in [1.807, 2.05) is 19.0 Å². The fourth-order valence-corrected chi connectivity index (χ4v) is 3.36. The van der Waals surface area contributed by atoms with Gasteiger partial charge in [-0.3, -0.25) is 19.5 Å². The molecule has 1 heterocycles. The number of nitrogens with two attached hydrogens (primary N) is 1. The summed E-state index contributed by atoms with van der Waals surface area (Å²) in [6, 6.07) is -0.528. The van der Waals surface area contributed by atoms with Crippen LogP contribution in [0.15, 0.2) is 4.99 Å². The number of hydrogen-bond acceptors (Lipinski definition) is 5. The lowest BCUT2D eigenvalue weighted by molar-refractivity contribution is -0.125. The standard InChI is InChI=1S/C13H24N4O2S/c1-8(5-10(17(3)4)13(19)15-2)6-11-16-9(7-20-11)12(14)18/h8-10H,5-7H2,1-4H3,(H2,14,18)(H,15,19)/t8-,9?,10+/m0/s1. The van der Waals surface area contributed by atoms with Crippen molar-refractivity contribution < 1.29 is 9.59 Å². The summed E-state index contributed by atoms with van der Waals surface area (Å²) in [5, 5.41) is 3.66. The van der Waals surface area contributed by atoms with E-state index in [1.54, 1.807) is 18.8 Å². The first-order valence-electron chi connectivity index (χ1n) is 6.72. The SMILES string of the molecule is CNC(=O)[C@@H](C[C@H](C)CC1=NC(C(N)=O)CS1)N(C)C. The predicted octanol–water partition coefficient (Wildman–Crippen LogP) is 0.0781. The van der Waals surface area contributed by atoms with Gasteiger partial charge < -0.3 is 11.1 Å². The molecule has 0 aromatic rings. The molecule has 0 aromatic carbocycles. The third kappa shape index (κ3) is 4.79. The van der Waals surface area contributed by atoms with Crippen molar-refractivity contribution in [3.05, 3.63) is 0 Å². The average molecular weight is 300 g/mol. The maximum absolute atomic E-state index is 11.8. The van der Waals surface area contributed by atoms with E-state index < -0.39 is 0 Å². The van der Waals surface area contributed by atoms with Crippen LogP contribution < -0.4 is 11.1 Å². The molecule has 0 fully saturated rings. The van der Waals surface area contributed by atoms with Crippen molar-refractivity contribution in [2.24, 2.45) is 16.6 Å². The Morgan fingerprint density at radius 2 is 2.20 bits per heavy atom. The molecular formula is C13H24N4O2S. The Morgan fingerprint density at radius 1 is 1.55 bits per heavy atom. The number of carbonyl (C=O) groups is 2. The molecule has 0 spiro atoms. The molecule has 3 N–H and O–H groups in total. The second-order valence-corrected chi connectivity index (χ2v) is 6.48. The second kappa shape index (κ2) is 7.64. The molecule has 2 amide bonds. The highest BCUT2D eigenvalue weighted by molar-refractivity contribution is 8.14. The van der Waals surface area contributed by atoms with Crippen LogP contribution in [0.5, 0.6) is 0 Å². The summed E-state index contributed by atoms with van der Waals surface area (Å²) < 4.78 is 0. The van der Waals surface area contributed by atoms with Crippen LogP contribution in [0, 0.1) is 5.92 Å². The largest absolute Gasteiger partial charge is 0.368 e. The molecule has 1 rings (SSSR count). The fraction of sp³-hybridized carbons (Fsp3) is 0.769. The number of likely N-dealkylation sites (N-methyl/N-ethyl adjacent to an activating group) is 2. The summed E-state index contributed by atoms with van der Waals surface area (Å²) in [5.41, 5.74) is 5.25. The number of aliphatic imine (C=N–C) groups is 1. The number of carbonyl (C=O) groups excluding carboxylic acids is 2. The van der Waals surface area contributed by atoms with Crippen LogP contribution >= 0.6 is 11.8 Å². The highest BCUT2D eigenvalue weighted by atomic mass is 32.2. The molecule has 6 nitrogen and oxygen atoms in total. The van der Waals surface area contributed by atoms with Gasteiger partial charge in [-0.1, -0.05) is 6.92 Å². The lowest BCUT2D eigenvalue weighted by Gasteiger charge is -2.25. The van der Waals surface area contributed by atoms with E-state index in [2.05, 4.69) is 17.2 Å². The minimum Gasteiger partial charge on any atom is -0.368 e. The molecule has 1 aliphatic heterocycles. The Kier molecular flexibility index (Phi) is 6.48. The van der Waals surface area contributed by atoms with Crippen LogP contribution in [0.4, 0.5) is 0 Å². The monoisotopic (exact) mass is 300 g/mol. The van der Waals surface area contributed by atoms with Crippen molar-refractivity contribution in [3.8, 4) is 0 Å². The molecule has 114 valence electrons. The minimum atomic E-state index is -0.384. The number of thioether (sulfide) groups is 1. The third-order valence-electron chi connectivity index (χ3n) is 3.36. The molecule has 1 aliphatic rings. The molecule has 0 aromatic heterocycles. The van der Waals surface area contributed by atoms with E-state index in [-0.39, 0.29) is 23.9 Å². The zero-order valence-corrected chi connectivity index (χ0v) is 13.4. The van der Waals surface area contributed by atoms with Crippen molar-refractivity contribution in [2.75, 3.05) is 26.9 Å². The normalized spacial score (nSPS) is 21.4. The van der Waals surface area contributed by atoms with Crippen molar-refractivity contribution in [2.45, 2.75) is 31.8 Å². The molecular weight excluding hydrogens is 276 g/mol. The van der Waals surface area contributed by atoms with E-state index >= 15 is 0 Å². The topological polar surface area (TPSA) is 87.8 Å². The Bertz CT molecular complexity index is 398. The van der Waals surface area contributed by atoms with E-state index in [0.29, 0.717) is 11.7 Å². The number of nitrogens with zero attached hydrogens (tertiary/aromatic N) is 2. The zero-order chi connectivity index (χ0) is 15.3. The van der Waals surface area contributed by atoms with Crippen LogP contribution in [0.25, 0.3) is 0 Å². The first-order valence-corrected chi connectivity index (χ1v) is 7.70. The summed E-state index contributed by atoms with van der Waals surface area (Å²) in [5.74, 6) is 0.622. The van der Waals surface area contributed by atoms with Crippen LogP contribution in [0.2, 0.25) is 0 Å². The average Bonchev–Trinajstić information content (AvgIpc) is 2.83. The van der Waals surface area contributed by atoms with Crippen molar-refractivity contribution in [3.63, 3.8) is 0 Å². The molecule has 0 saturated carbocycles. The molecule has 20 heavy (non-hydrogen) atoms. The summed E-state index contributed by atoms with van der Waals surface area (Å²) >= 11 is 1.59. The Hall–Kier alpha value is -1.08. The number of hydrogen-bond donors (Lipinski definition) is 2. The van der Waals surface area contributed by atoms with E-state index in [9.17, 15) is 9.59 Å². The smallest absolute Gasteiger partial charge is 0.243 e. The van der Waals surface area contributed by atoms with Gasteiger partial charge in [-0.25, -0.2) is 0 Å². The maximum atomic E-state index is 11.8. The van der Waals surface area contributed by atoms with E-state index in [4.69, 9.17) is 5.73 Å². The van der Waals surface area contributed by atoms with Gasteiger partial charge in [0.1, 0.15) is 6.04 Å². The summed E-state index contributed by atoms with van der Waals surface area (Å²) in [6.07, 6.45) is 1.54. The highest BCUT2D eigenvalue weighted by Gasteiger charge is 2.26. The first kappa shape index (κ1) is 17.0. The fourth-order valence-electron chi connectivity index (χ4n) is 2.16. The van der Waals surface area contributed by atoms with Crippen LogP contribution in [-0.4, -0.2) is 60.7 Å². The quantitative estimate of drug-likeness (QED) is 0.697. The molecule has 3 atom stereocenters. The number of primary amides is 1.